The van der Waals surface area contributed by atoms with E-state index in [2.05, 4.69) is 22.4 Å². The fourth-order valence-corrected chi connectivity index (χ4v) is 3.21. The molecule has 1 aromatic heterocycles. The Morgan fingerprint density at radius 3 is 2.81 bits per heavy atom. The second-order valence-electron chi connectivity index (χ2n) is 6.46. The third-order valence-electron chi connectivity index (χ3n) is 4.68. The molecule has 0 aliphatic carbocycles. The van der Waals surface area contributed by atoms with Gasteiger partial charge in [0.15, 0.2) is 0 Å². The van der Waals surface area contributed by atoms with E-state index in [9.17, 15) is 4.79 Å². The van der Waals surface area contributed by atoms with Gasteiger partial charge >= 0.3 is 0 Å². The number of ether oxygens (including phenoxy) is 2. The summed E-state index contributed by atoms with van der Waals surface area (Å²) in [6.07, 6.45) is 0. The number of fused-ring (bicyclic) bond motifs is 3. The number of benzene rings is 2. The van der Waals surface area contributed by atoms with Gasteiger partial charge in [0.2, 0.25) is 5.88 Å². The van der Waals surface area contributed by atoms with Crippen LogP contribution in [0.2, 0.25) is 0 Å². The van der Waals surface area contributed by atoms with Crippen LogP contribution in [-0.4, -0.2) is 18.0 Å². The number of carbonyl (C=O) groups is 1. The molecule has 2 aromatic carbocycles. The van der Waals surface area contributed by atoms with E-state index in [0.717, 1.165) is 28.1 Å². The first-order chi connectivity index (χ1) is 13.2. The Bertz CT molecular complexity index is 1000. The number of hydrogen-bond donors (Lipinski definition) is 1. The van der Waals surface area contributed by atoms with Crippen molar-refractivity contribution < 1.29 is 14.3 Å². The summed E-state index contributed by atoms with van der Waals surface area (Å²) in [5.41, 5.74) is 4.62. The van der Waals surface area contributed by atoms with E-state index >= 15 is 0 Å². The van der Waals surface area contributed by atoms with Gasteiger partial charge in [-0.25, -0.2) is 4.98 Å². The molecular weight excluding hydrogens is 340 g/mol. The largest absolute Gasteiger partial charge is 0.488 e. The van der Waals surface area contributed by atoms with Crippen molar-refractivity contribution in [3.63, 3.8) is 0 Å². The van der Waals surface area contributed by atoms with Crippen LogP contribution in [0.1, 0.15) is 34.6 Å². The van der Waals surface area contributed by atoms with E-state index in [1.54, 1.807) is 19.2 Å². The highest BCUT2D eigenvalue weighted by molar-refractivity contribution is 5.96. The number of rotatable bonds is 4. The van der Waals surface area contributed by atoms with Gasteiger partial charge in [-0.05, 0) is 42.3 Å². The summed E-state index contributed by atoms with van der Waals surface area (Å²) in [4.78, 5) is 17.1. The maximum Gasteiger partial charge on any atom is 0.251 e. The number of carbonyl (C=O) groups excluding carboxylic acids is 1. The molecule has 136 valence electrons. The van der Waals surface area contributed by atoms with Gasteiger partial charge in [0.25, 0.3) is 5.91 Å². The first-order valence-corrected chi connectivity index (χ1v) is 8.82. The normalized spacial score (nSPS) is 13.0. The Hall–Kier alpha value is -3.34. The van der Waals surface area contributed by atoms with Gasteiger partial charge in [-0.1, -0.05) is 30.3 Å². The molecule has 0 saturated carbocycles. The zero-order valence-corrected chi connectivity index (χ0v) is 15.2. The van der Waals surface area contributed by atoms with Gasteiger partial charge in [0.1, 0.15) is 12.4 Å². The van der Waals surface area contributed by atoms with Crippen LogP contribution in [-0.2, 0) is 6.61 Å². The molecule has 0 spiro atoms. The van der Waals surface area contributed by atoms with Gasteiger partial charge < -0.3 is 14.8 Å². The number of nitrogens with one attached hydrogen (secondary N) is 1. The van der Waals surface area contributed by atoms with Crippen LogP contribution in [0.25, 0.3) is 11.1 Å². The highest BCUT2D eigenvalue weighted by atomic mass is 16.5. The molecule has 1 atom stereocenters. The Morgan fingerprint density at radius 1 is 1.11 bits per heavy atom. The van der Waals surface area contributed by atoms with Gasteiger partial charge in [0.05, 0.1) is 18.8 Å². The molecule has 5 heteroatoms. The average molecular weight is 360 g/mol. The van der Waals surface area contributed by atoms with Crippen LogP contribution in [0.3, 0.4) is 0 Å². The van der Waals surface area contributed by atoms with E-state index < -0.39 is 0 Å². The molecule has 1 aliphatic rings. The monoisotopic (exact) mass is 360 g/mol. The second-order valence-corrected chi connectivity index (χ2v) is 6.46. The minimum atomic E-state index is -0.245. The Morgan fingerprint density at radius 2 is 1.96 bits per heavy atom. The number of pyridine rings is 1. The summed E-state index contributed by atoms with van der Waals surface area (Å²) in [7, 11) is 1.57. The second kappa shape index (κ2) is 7.11. The van der Waals surface area contributed by atoms with Crippen LogP contribution in [0.5, 0.6) is 11.6 Å². The van der Waals surface area contributed by atoms with Crippen molar-refractivity contribution in [1.29, 1.82) is 0 Å². The summed E-state index contributed by atoms with van der Waals surface area (Å²) in [5, 5.41) is 2.98. The lowest BCUT2D eigenvalue weighted by atomic mass is 9.96. The van der Waals surface area contributed by atoms with Crippen LogP contribution in [0.4, 0.5) is 0 Å². The predicted octanol–water partition coefficient (Wildman–Crippen LogP) is 4.14. The third kappa shape index (κ3) is 3.36. The molecule has 1 unspecified atom stereocenters. The van der Waals surface area contributed by atoms with Crippen molar-refractivity contribution in [3.8, 4) is 22.8 Å². The van der Waals surface area contributed by atoms with Gasteiger partial charge in [0, 0.05) is 17.2 Å². The molecule has 1 aliphatic heterocycles. The molecule has 0 radical (unpaired) electrons. The molecule has 1 N–H and O–H groups in total. The van der Waals surface area contributed by atoms with Crippen molar-refractivity contribution in [2.24, 2.45) is 0 Å². The van der Waals surface area contributed by atoms with Crippen LogP contribution >= 0.6 is 0 Å². The molecule has 0 bridgehead atoms. The lowest BCUT2D eigenvalue weighted by Gasteiger charge is -2.21. The number of amides is 1. The quantitative estimate of drug-likeness (QED) is 0.760. The van der Waals surface area contributed by atoms with E-state index in [1.165, 1.54) is 0 Å². The fourth-order valence-electron chi connectivity index (χ4n) is 3.21. The lowest BCUT2D eigenvalue weighted by Crippen LogP contribution is -2.27. The minimum absolute atomic E-state index is 0.169. The Kier molecular flexibility index (Phi) is 4.50. The molecule has 3 aromatic rings. The molecule has 2 heterocycles. The van der Waals surface area contributed by atoms with E-state index in [1.807, 2.05) is 43.3 Å². The minimum Gasteiger partial charge on any atom is -0.488 e. The summed E-state index contributed by atoms with van der Waals surface area (Å²) < 4.78 is 11.0. The molecule has 0 fully saturated rings. The third-order valence-corrected chi connectivity index (χ3v) is 4.68. The topological polar surface area (TPSA) is 60.5 Å². The van der Waals surface area contributed by atoms with Crippen molar-refractivity contribution in [2.75, 3.05) is 7.11 Å². The van der Waals surface area contributed by atoms with Crippen molar-refractivity contribution in [3.05, 3.63) is 77.5 Å². The van der Waals surface area contributed by atoms with E-state index in [4.69, 9.17) is 9.47 Å². The first-order valence-electron chi connectivity index (χ1n) is 8.82. The molecular formula is C22H20N2O3. The number of hydrogen-bond acceptors (Lipinski definition) is 4. The highest BCUT2D eigenvalue weighted by Gasteiger charge is 2.19. The molecule has 27 heavy (non-hydrogen) atoms. The Labute approximate surface area is 158 Å². The fraction of sp³-hybridized carbons (Fsp3) is 0.182. The summed E-state index contributed by atoms with van der Waals surface area (Å²) in [5.74, 6) is 1.08. The van der Waals surface area contributed by atoms with Crippen LogP contribution in [0, 0.1) is 0 Å². The highest BCUT2D eigenvalue weighted by Crippen LogP contribution is 2.37. The van der Waals surface area contributed by atoms with Crippen molar-refractivity contribution >= 4 is 5.91 Å². The standard InChI is InChI=1S/C22H20N2O3/c1-14(19-8-5-9-21(24-19)26-2)23-22(25)15-10-11-18-17-7-4-3-6-16(17)13-27-20(18)12-15/h3-12,14H,13H2,1-2H3,(H,23,25). The van der Waals surface area contributed by atoms with Crippen molar-refractivity contribution in [2.45, 2.75) is 19.6 Å². The van der Waals surface area contributed by atoms with Gasteiger partial charge in [-0.3, -0.25) is 4.79 Å². The molecule has 1 amide bonds. The molecule has 0 saturated heterocycles. The first kappa shape index (κ1) is 17.1. The molecule has 5 nitrogen and oxygen atoms in total. The summed E-state index contributed by atoms with van der Waals surface area (Å²) >= 11 is 0. The van der Waals surface area contributed by atoms with Crippen molar-refractivity contribution in [1.82, 2.24) is 10.3 Å². The van der Waals surface area contributed by atoms with Gasteiger partial charge in [-0.2, -0.15) is 0 Å². The average Bonchev–Trinajstić information content (AvgIpc) is 2.73. The zero-order valence-electron chi connectivity index (χ0n) is 15.2. The Balaban J connectivity index is 1.55. The van der Waals surface area contributed by atoms with E-state index in [0.29, 0.717) is 18.1 Å². The van der Waals surface area contributed by atoms with Crippen LogP contribution in [0.15, 0.2) is 60.7 Å². The van der Waals surface area contributed by atoms with Gasteiger partial charge in [-0.15, -0.1) is 0 Å². The molecule has 4 rings (SSSR count). The summed E-state index contributed by atoms with van der Waals surface area (Å²) in [6, 6.07) is 19.0. The maximum absolute atomic E-state index is 12.7. The summed E-state index contributed by atoms with van der Waals surface area (Å²) in [6.45, 7) is 2.41. The predicted molar refractivity (Wildman–Crippen MR) is 103 cm³/mol. The smallest absolute Gasteiger partial charge is 0.251 e. The SMILES string of the molecule is COc1cccc(C(C)NC(=O)c2ccc3c(c2)OCc2ccccc2-3)n1. The number of nitrogens with zero attached hydrogens (tertiary/aromatic N) is 1. The van der Waals surface area contributed by atoms with E-state index in [-0.39, 0.29) is 11.9 Å². The lowest BCUT2D eigenvalue weighted by molar-refractivity contribution is 0.0938. The van der Waals surface area contributed by atoms with Crippen LogP contribution < -0.4 is 14.8 Å². The maximum atomic E-state index is 12.7. The zero-order chi connectivity index (χ0) is 18.8. The number of aromatic nitrogens is 1. The number of methoxy groups -OCH3 is 1.